The highest BCUT2D eigenvalue weighted by Gasteiger charge is 2.24. The van der Waals surface area contributed by atoms with Gasteiger partial charge in [-0.15, -0.1) is 0 Å². The third kappa shape index (κ3) is 0.943. The molecule has 0 radical (unpaired) electrons. The van der Waals surface area contributed by atoms with Gasteiger partial charge in [0.05, 0.1) is 18.1 Å². The van der Waals surface area contributed by atoms with Crippen molar-refractivity contribution in [3.63, 3.8) is 0 Å². The molecule has 52 valence electrons. The first-order valence-electron chi connectivity index (χ1n) is 3.37. The molecule has 1 N–H and O–H groups in total. The first kappa shape index (κ1) is 5.65. The van der Waals surface area contributed by atoms with Gasteiger partial charge in [0.15, 0.2) is 0 Å². The predicted molar refractivity (Wildman–Crippen MR) is 35.7 cm³/mol. The van der Waals surface area contributed by atoms with Crippen molar-refractivity contribution in [3.05, 3.63) is 18.1 Å². The summed E-state index contributed by atoms with van der Waals surface area (Å²) in [5, 5.41) is 8.79. The van der Waals surface area contributed by atoms with E-state index in [4.69, 9.17) is 5.11 Å². The Bertz CT molecular complexity index is 228. The number of hydrogen-bond acceptors (Lipinski definition) is 3. The largest absolute Gasteiger partial charge is 0.492 e. The Morgan fingerprint density at radius 1 is 1.30 bits per heavy atom. The normalized spacial score (nSPS) is 17.2. The molecule has 3 nitrogen and oxygen atoms in total. The van der Waals surface area contributed by atoms with E-state index < -0.39 is 0 Å². The van der Waals surface area contributed by atoms with Crippen LogP contribution in [0.5, 0.6) is 5.88 Å². The van der Waals surface area contributed by atoms with E-state index in [0.29, 0.717) is 5.92 Å². The van der Waals surface area contributed by atoms with Gasteiger partial charge in [0.1, 0.15) is 0 Å². The molecule has 1 aromatic rings. The minimum atomic E-state index is 0.00407. The van der Waals surface area contributed by atoms with Crippen molar-refractivity contribution in [2.24, 2.45) is 0 Å². The molecule has 0 aromatic carbocycles. The third-order valence-corrected chi connectivity index (χ3v) is 1.65. The van der Waals surface area contributed by atoms with E-state index in [1.165, 1.54) is 19.0 Å². The standard InChI is InChI=1S/C7H8N2O/c10-7-4-8-6(3-9-7)5-1-2-5/h3-5H,1-2H2,(H,9,10). The predicted octanol–water partition coefficient (Wildman–Crippen LogP) is 1.06. The van der Waals surface area contributed by atoms with E-state index in [-0.39, 0.29) is 5.88 Å². The zero-order chi connectivity index (χ0) is 6.97. The lowest BCUT2D eigenvalue weighted by Crippen LogP contribution is -1.86. The van der Waals surface area contributed by atoms with Crippen LogP contribution in [0.25, 0.3) is 0 Å². The monoisotopic (exact) mass is 136 g/mol. The van der Waals surface area contributed by atoms with Crippen LogP contribution < -0.4 is 0 Å². The molecule has 0 unspecified atom stereocenters. The van der Waals surface area contributed by atoms with Gasteiger partial charge < -0.3 is 5.11 Å². The molecule has 1 saturated carbocycles. The molecule has 0 aliphatic heterocycles. The molecule has 1 fully saturated rings. The second kappa shape index (κ2) is 1.94. The summed E-state index contributed by atoms with van der Waals surface area (Å²) in [6.07, 6.45) is 5.49. The summed E-state index contributed by atoms with van der Waals surface area (Å²) in [7, 11) is 0. The van der Waals surface area contributed by atoms with Gasteiger partial charge in [-0.25, -0.2) is 4.98 Å². The van der Waals surface area contributed by atoms with Crippen molar-refractivity contribution in [3.8, 4) is 5.88 Å². The highest BCUT2D eigenvalue weighted by molar-refractivity contribution is 5.13. The molecule has 0 saturated heterocycles. The number of rotatable bonds is 1. The van der Waals surface area contributed by atoms with Gasteiger partial charge in [-0.2, -0.15) is 0 Å². The lowest BCUT2D eigenvalue weighted by Gasteiger charge is -1.93. The number of nitrogens with zero attached hydrogens (tertiary/aromatic N) is 2. The fourth-order valence-corrected chi connectivity index (χ4v) is 0.921. The first-order valence-corrected chi connectivity index (χ1v) is 3.37. The molecule has 1 aliphatic carbocycles. The van der Waals surface area contributed by atoms with E-state index in [0.717, 1.165) is 5.69 Å². The summed E-state index contributed by atoms with van der Waals surface area (Å²) >= 11 is 0. The molecule has 0 atom stereocenters. The van der Waals surface area contributed by atoms with Gasteiger partial charge in [0.25, 0.3) is 0 Å². The van der Waals surface area contributed by atoms with Gasteiger partial charge in [-0.05, 0) is 12.8 Å². The molecule has 1 aliphatic rings. The van der Waals surface area contributed by atoms with Gasteiger partial charge in [-0.3, -0.25) is 4.98 Å². The fraction of sp³-hybridized carbons (Fsp3) is 0.429. The quantitative estimate of drug-likeness (QED) is 0.627. The molecule has 0 amide bonds. The molecule has 3 heteroatoms. The average molecular weight is 136 g/mol. The highest BCUT2D eigenvalue weighted by Crippen LogP contribution is 2.38. The molecule has 0 spiro atoms. The SMILES string of the molecule is Oc1cnc(C2CC2)cn1. The fourth-order valence-electron chi connectivity index (χ4n) is 0.921. The van der Waals surface area contributed by atoms with Crippen molar-refractivity contribution >= 4 is 0 Å². The van der Waals surface area contributed by atoms with Gasteiger partial charge in [0.2, 0.25) is 5.88 Å². The minimum Gasteiger partial charge on any atom is -0.492 e. The smallest absolute Gasteiger partial charge is 0.229 e. The van der Waals surface area contributed by atoms with Crippen LogP contribution in [-0.2, 0) is 0 Å². The van der Waals surface area contributed by atoms with Crippen LogP contribution in [0, 0.1) is 0 Å². The van der Waals surface area contributed by atoms with Crippen LogP contribution in [-0.4, -0.2) is 15.1 Å². The molecule has 2 rings (SSSR count). The molecular formula is C7H8N2O. The maximum atomic E-state index is 8.79. The Kier molecular flexibility index (Phi) is 1.09. The van der Waals surface area contributed by atoms with E-state index >= 15 is 0 Å². The van der Waals surface area contributed by atoms with Crippen molar-refractivity contribution in [2.45, 2.75) is 18.8 Å². The van der Waals surface area contributed by atoms with E-state index in [2.05, 4.69) is 9.97 Å². The topological polar surface area (TPSA) is 46.0 Å². The average Bonchev–Trinajstić information content (AvgIpc) is 2.71. The van der Waals surface area contributed by atoms with Crippen LogP contribution >= 0.6 is 0 Å². The molecule has 0 bridgehead atoms. The molecule has 1 aromatic heterocycles. The van der Waals surface area contributed by atoms with Gasteiger partial charge in [0, 0.05) is 5.92 Å². The van der Waals surface area contributed by atoms with Crippen molar-refractivity contribution in [2.75, 3.05) is 0 Å². The summed E-state index contributed by atoms with van der Waals surface area (Å²) in [6.45, 7) is 0. The molecule has 1 heterocycles. The summed E-state index contributed by atoms with van der Waals surface area (Å²) in [5.74, 6) is 0.623. The molecule has 10 heavy (non-hydrogen) atoms. The van der Waals surface area contributed by atoms with E-state index in [1.54, 1.807) is 6.20 Å². The maximum absolute atomic E-state index is 8.79. The first-order chi connectivity index (χ1) is 4.86. The Balaban J connectivity index is 2.28. The van der Waals surface area contributed by atoms with Gasteiger partial charge in [-0.1, -0.05) is 0 Å². The number of aromatic nitrogens is 2. The van der Waals surface area contributed by atoms with E-state index in [1.807, 2.05) is 0 Å². The van der Waals surface area contributed by atoms with E-state index in [9.17, 15) is 0 Å². The van der Waals surface area contributed by atoms with Crippen molar-refractivity contribution < 1.29 is 5.11 Å². The summed E-state index contributed by atoms with van der Waals surface area (Å²) in [5.41, 5.74) is 1.01. The Labute approximate surface area is 58.8 Å². The van der Waals surface area contributed by atoms with Crippen LogP contribution in [0.4, 0.5) is 0 Å². The summed E-state index contributed by atoms with van der Waals surface area (Å²) in [6, 6.07) is 0. The van der Waals surface area contributed by atoms with Crippen LogP contribution in [0.3, 0.4) is 0 Å². The third-order valence-electron chi connectivity index (χ3n) is 1.65. The Morgan fingerprint density at radius 2 is 2.10 bits per heavy atom. The zero-order valence-corrected chi connectivity index (χ0v) is 5.49. The number of hydrogen-bond donors (Lipinski definition) is 1. The minimum absolute atomic E-state index is 0.00407. The van der Waals surface area contributed by atoms with Gasteiger partial charge >= 0.3 is 0 Å². The Hall–Kier alpha value is -1.12. The van der Waals surface area contributed by atoms with Crippen molar-refractivity contribution in [1.29, 1.82) is 0 Å². The maximum Gasteiger partial charge on any atom is 0.229 e. The summed E-state index contributed by atoms with van der Waals surface area (Å²) in [4.78, 5) is 7.76. The lowest BCUT2D eigenvalue weighted by atomic mass is 10.3. The zero-order valence-electron chi connectivity index (χ0n) is 5.49. The lowest BCUT2D eigenvalue weighted by molar-refractivity contribution is 0.449. The van der Waals surface area contributed by atoms with Crippen LogP contribution in [0.2, 0.25) is 0 Å². The summed E-state index contributed by atoms with van der Waals surface area (Å²) < 4.78 is 0. The highest BCUT2D eigenvalue weighted by atomic mass is 16.3. The Morgan fingerprint density at radius 3 is 2.60 bits per heavy atom. The molecular weight excluding hydrogens is 128 g/mol. The van der Waals surface area contributed by atoms with Crippen LogP contribution in [0.15, 0.2) is 12.4 Å². The van der Waals surface area contributed by atoms with Crippen molar-refractivity contribution in [1.82, 2.24) is 9.97 Å². The second-order valence-corrected chi connectivity index (χ2v) is 2.57. The second-order valence-electron chi connectivity index (χ2n) is 2.57. The van der Waals surface area contributed by atoms with Crippen LogP contribution in [0.1, 0.15) is 24.5 Å². The number of aromatic hydroxyl groups is 1.